The summed E-state index contributed by atoms with van der Waals surface area (Å²) < 4.78 is 0.781. The molecule has 6 heteroatoms. The summed E-state index contributed by atoms with van der Waals surface area (Å²) in [5, 5.41) is 13.3. The summed E-state index contributed by atoms with van der Waals surface area (Å²) >= 11 is 8.99. The predicted molar refractivity (Wildman–Crippen MR) is 91.1 cm³/mol. The van der Waals surface area contributed by atoms with Crippen LogP contribution in [0, 0.1) is 5.92 Å². The van der Waals surface area contributed by atoms with Crippen LogP contribution >= 0.6 is 34.7 Å². The second-order valence-electron chi connectivity index (χ2n) is 5.90. The first kappa shape index (κ1) is 17.1. The number of thioether (sulfide) groups is 1. The zero-order chi connectivity index (χ0) is 15.3. The van der Waals surface area contributed by atoms with E-state index in [4.69, 9.17) is 11.6 Å². The molecule has 0 spiro atoms. The zero-order valence-electron chi connectivity index (χ0n) is 12.2. The molecule has 3 nitrogen and oxygen atoms in total. The molecule has 1 heterocycles. The zero-order valence-corrected chi connectivity index (χ0v) is 14.6. The Hall–Kier alpha value is -0.230. The maximum absolute atomic E-state index is 11.8. The van der Waals surface area contributed by atoms with Gasteiger partial charge in [0.1, 0.15) is 0 Å². The standard InChI is InChI=1S/C15H22ClNO2S2/c1-11-3-2-6-15(19,7-11)10-17-14(18)9-20-8-12-4-5-13(16)21-12/h4-5,11,19H,2-3,6-10H2,1H3,(H,17,18). The Kier molecular flexibility index (Phi) is 6.41. The van der Waals surface area contributed by atoms with Gasteiger partial charge in [-0.3, -0.25) is 4.79 Å². The maximum atomic E-state index is 11.8. The molecule has 1 amide bonds. The Morgan fingerprint density at radius 3 is 3.10 bits per heavy atom. The highest BCUT2D eigenvalue weighted by atomic mass is 35.5. The molecule has 0 aliphatic heterocycles. The third-order valence-corrected chi connectivity index (χ3v) is 6.18. The van der Waals surface area contributed by atoms with Crippen molar-refractivity contribution >= 4 is 40.6 Å². The first-order valence-electron chi connectivity index (χ1n) is 7.28. The number of aliphatic hydroxyl groups is 1. The number of amides is 1. The van der Waals surface area contributed by atoms with E-state index >= 15 is 0 Å². The van der Waals surface area contributed by atoms with E-state index in [0.717, 1.165) is 29.4 Å². The van der Waals surface area contributed by atoms with Crippen LogP contribution in [0.4, 0.5) is 0 Å². The molecule has 118 valence electrons. The SMILES string of the molecule is CC1CCCC(O)(CNC(=O)CSCc2ccc(Cl)s2)C1. The minimum atomic E-state index is -0.709. The molecule has 1 fully saturated rings. The molecule has 1 aromatic rings. The van der Waals surface area contributed by atoms with E-state index < -0.39 is 5.60 Å². The summed E-state index contributed by atoms with van der Waals surface area (Å²) in [6.45, 7) is 2.54. The van der Waals surface area contributed by atoms with Crippen LogP contribution < -0.4 is 5.32 Å². The Morgan fingerprint density at radius 2 is 2.43 bits per heavy atom. The van der Waals surface area contributed by atoms with Crippen molar-refractivity contribution in [1.82, 2.24) is 5.32 Å². The van der Waals surface area contributed by atoms with Crippen LogP contribution in [0.2, 0.25) is 4.34 Å². The highest BCUT2D eigenvalue weighted by Crippen LogP contribution is 2.31. The van der Waals surface area contributed by atoms with E-state index in [1.165, 1.54) is 11.3 Å². The molecule has 0 radical (unpaired) electrons. The fraction of sp³-hybridized carbons (Fsp3) is 0.667. The highest BCUT2D eigenvalue weighted by Gasteiger charge is 2.32. The van der Waals surface area contributed by atoms with Crippen LogP contribution in [0.1, 0.15) is 37.5 Å². The summed E-state index contributed by atoms with van der Waals surface area (Å²) in [5.74, 6) is 1.75. The molecule has 1 aliphatic rings. The van der Waals surface area contributed by atoms with Crippen molar-refractivity contribution in [2.45, 2.75) is 44.0 Å². The van der Waals surface area contributed by atoms with Gasteiger partial charge >= 0.3 is 0 Å². The monoisotopic (exact) mass is 347 g/mol. The van der Waals surface area contributed by atoms with Crippen molar-refractivity contribution < 1.29 is 9.90 Å². The molecule has 0 aromatic carbocycles. The van der Waals surface area contributed by atoms with Gasteiger partial charge in [-0.05, 0) is 30.9 Å². The fourth-order valence-electron chi connectivity index (χ4n) is 2.78. The molecular formula is C15H22ClNO2S2. The summed E-state index contributed by atoms with van der Waals surface area (Å²) in [6, 6.07) is 3.87. The van der Waals surface area contributed by atoms with Gasteiger partial charge < -0.3 is 10.4 Å². The third-order valence-electron chi connectivity index (χ3n) is 3.79. The van der Waals surface area contributed by atoms with E-state index in [0.29, 0.717) is 18.2 Å². The first-order valence-corrected chi connectivity index (χ1v) is 9.63. The molecule has 1 saturated carbocycles. The van der Waals surface area contributed by atoms with Gasteiger partial charge in [-0.25, -0.2) is 0 Å². The lowest BCUT2D eigenvalue weighted by atomic mass is 9.79. The maximum Gasteiger partial charge on any atom is 0.230 e. The number of rotatable bonds is 6. The van der Waals surface area contributed by atoms with Crippen LogP contribution in [0.3, 0.4) is 0 Å². The Balaban J connectivity index is 1.65. The van der Waals surface area contributed by atoms with E-state index in [1.807, 2.05) is 12.1 Å². The van der Waals surface area contributed by atoms with Crippen molar-refractivity contribution in [3.8, 4) is 0 Å². The Morgan fingerprint density at radius 1 is 1.62 bits per heavy atom. The number of thiophene rings is 1. The molecule has 2 rings (SSSR count). The van der Waals surface area contributed by atoms with Crippen molar-refractivity contribution in [2.24, 2.45) is 5.92 Å². The fourth-order valence-corrected chi connectivity index (χ4v) is 4.84. The quantitative estimate of drug-likeness (QED) is 0.825. The predicted octanol–water partition coefficient (Wildman–Crippen LogP) is 3.69. The number of hydrogen-bond acceptors (Lipinski definition) is 4. The molecule has 2 atom stereocenters. The molecule has 1 aliphatic carbocycles. The van der Waals surface area contributed by atoms with Gasteiger partial charge in [0, 0.05) is 17.2 Å². The average molecular weight is 348 g/mol. The van der Waals surface area contributed by atoms with Crippen LogP contribution in [0.5, 0.6) is 0 Å². The molecule has 2 unspecified atom stereocenters. The molecule has 0 saturated heterocycles. The number of halogens is 1. The number of carbonyl (C=O) groups excluding carboxylic acids is 1. The van der Waals surface area contributed by atoms with Gasteiger partial charge in [0.15, 0.2) is 0 Å². The van der Waals surface area contributed by atoms with E-state index in [-0.39, 0.29) is 5.91 Å². The minimum Gasteiger partial charge on any atom is -0.388 e. The topological polar surface area (TPSA) is 49.3 Å². The summed E-state index contributed by atoms with van der Waals surface area (Å²) in [5.41, 5.74) is -0.709. The van der Waals surface area contributed by atoms with Gasteiger partial charge in [-0.2, -0.15) is 0 Å². The van der Waals surface area contributed by atoms with Crippen LogP contribution in [-0.4, -0.2) is 28.9 Å². The van der Waals surface area contributed by atoms with Crippen LogP contribution in [0.25, 0.3) is 0 Å². The van der Waals surface area contributed by atoms with Crippen molar-refractivity contribution in [1.29, 1.82) is 0 Å². The van der Waals surface area contributed by atoms with Crippen molar-refractivity contribution in [3.05, 3.63) is 21.3 Å². The number of hydrogen-bond donors (Lipinski definition) is 2. The summed E-state index contributed by atoms with van der Waals surface area (Å²) in [7, 11) is 0. The first-order chi connectivity index (χ1) is 9.97. The Bertz CT molecular complexity index is 480. The Labute approximate surface area is 139 Å². The van der Waals surface area contributed by atoms with Crippen molar-refractivity contribution in [2.75, 3.05) is 12.3 Å². The lowest BCUT2D eigenvalue weighted by molar-refractivity contribution is -0.120. The van der Waals surface area contributed by atoms with Gasteiger partial charge in [-0.15, -0.1) is 23.1 Å². The van der Waals surface area contributed by atoms with Gasteiger partial charge in [0.05, 0.1) is 15.7 Å². The smallest absolute Gasteiger partial charge is 0.230 e. The normalized spacial score (nSPS) is 25.8. The summed E-state index contributed by atoms with van der Waals surface area (Å²) in [6.07, 6.45) is 3.80. The largest absolute Gasteiger partial charge is 0.388 e. The van der Waals surface area contributed by atoms with E-state index in [1.54, 1.807) is 23.1 Å². The molecular weight excluding hydrogens is 326 g/mol. The van der Waals surface area contributed by atoms with E-state index in [2.05, 4.69) is 12.2 Å². The second kappa shape index (κ2) is 7.86. The van der Waals surface area contributed by atoms with Gasteiger partial charge in [0.25, 0.3) is 0 Å². The van der Waals surface area contributed by atoms with Crippen molar-refractivity contribution in [3.63, 3.8) is 0 Å². The lowest BCUT2D eigenvalue weighted by Crippen LogP contribution is -2.46. The molecule has 0 bridgehead atoms. The lowest BCUT2D eigenvalue weighted by Gasteiger charge is -2.35. The molecule has 2 N–H and O–H groups in total. The molecule has 1 aromatic heterocycles. The second-order valence-corrected chi connectivity index (χ2v) is 8.69. The number of nitrogens with one attached hydrogen (secondary N) is 1. The van der Waals surface area contributed by atoms with E-state index in [9.17, 15) is 9.90 Å². The molecule has 21 heavy (non-hydrogen) atoms. The number of carbonyl (C=O) groups is 1. The summed E-state index contributed by atoms with van der Waals surface area (Å²) in [4.78, 5) is 13.0. The minimum absolute atomic E-state index is 0.00527. The van der Waals surface area contributed by atoms with Gasteiger partial charge in [0.2, 0.25) is 5.91 Å². The average Bonchev–Trinajstić information content (AvgIpc) is 2.82. The third kappa shape index (κ3) is 5.81. The van der Waals surface area contributed by atoms with Crippen LogP contribution in [0.15, 0.2) is 12.1 Å². The van der Waals surface area contributed by atoms with Crippen LogP contribution in [-0.2, 0) is 10.5 Å². The highest BCUT2D eigenvalue weighted by molar-refractivity contribution is 7.99. The van der Waals surface area contributed by atoms with Gasteiger partial charge in [-0.1, -0.05) is 31.4 Å².